The third-order valence-electron chi connectivity index (χ3n) is 3.73. The van der Waals surface area contributed by atoms with Gasteiger partial charge in [0.1, 0.15) is 0 Å². The third-order valence-corrected chi connectivity index (χ3v) is 4.72. The molecule has 1 atom stereocenters. The van der Waals surface area contributed by atoms with E-state index in [9.17, 15) is 0 Å². The molecule has 0 nitrogen and oxygen atoms in total. The van der Waals surface area contributed by atoms with Crippen molar-refractivity contribution in [1.29, 1.82) is 0 Å². The van der Waals surface area contributed by atoms with Crippen LogP contribution < -0.4 is 0 Å². The van der Waals surface area contributed by atoms with E-state index in [2.05, 4.69) is 79.2 Å². The first kappa shape index (κ1) is 14.3. The van der Waals surface area contributed by atoms with Crippen molar-refractivity contribution in [3.8, 4) is 0 Å². The van der Waals surface area contributed by atoms with Gasteiger partial charge in [-0.25, -0.2) is 0 Å². The van der Waals surface area contributed by atoms with Gasteiger partial charge in [0.2, 0.25) is 0 Å². The molecular formula is C18H21Br. The summed E-state index contributed by atoms with van der Waals surface area (Å²) in [6, 6.07) is 15.5. The van der Waals surface area contributed by atoms with Crippen molar-refractivity contribution in [3.63, 3.8) is 0 Å². The van der Waals surface area contributed by atoms with Crippen molar-refractivity contribution in [2.45, 2.75) is 38.4 Å². The van der Waals surface area contributed by atoms with E-state index in [1.54, 1.807) is 0 Å². The smallest absolute Gasteiger partial charge is 0.0649 e. The number of hydrogen-bond donors (Lipinski definition) is 0. The van der Waals surface area contributed by atoms with Gasteiger partial charge >= 0.3 is 0 Å². The van der Waals surface area contributed by atoms with Gasteiger partial charge in [-0.2, -0.15) is 0 Å². The van der Waals surface area contributed by atoms with E-state index in [0.717, 1.165) is 12.8 Å². The zero-order chi connectivity index (χ0) is 13.8. The second kappa shape index (κ2) is 6.38. The molecule has 2 aromatic carbocycles. The summed E-state index contributed by atoms with van der Waals surface area (Å²) < 4.78 is 0. The third kappa shape index (κ3) is 3.09. The first-order chi connectivity index (χ1) is 9.17. The van der Waals surface area contributed by atoms with Gasteiger partial charge in [0.05, 0.1) is 4.83 Å². The van der Waals surface area contributed by atoms with E-state index in [1.165, 1.54) is 27.8 Å². The summed E-state index contributed by atoms with van der Waals surface area (Å²) in [6.45, 7) is 6.61. The Morgan fingerprint density at radius 1 is 0.947 bits per heavy atom. The van der Waals surface area contributed by atoms with Gasteiger partial charge in [-0.3, -0.25) is 0 Å². The highest BCUT2D eigenvalue weighted by molar-refractivity contribution is 9.09. The summed E-state index contributed by atoms with van der Waals surface area (Å²) in [5, 5.41) is 0. The number of benzene rings is 2. The van der Waals surface area contributed by atoms with E-state index in [4.69, 9.17) is 0 Å². The lowest BCUT2D eigenvalue weighted by molar-refractivity contribution is 1.02. The molecule has 0 amide bonds. The Bertz CT molecular complexity index is 557. The van der Waals surface area contributed by atoms with E-state index >= 15 is 0 Å². The van der Waals surface area contributed by atoms with Crippen molar-refractivity contribution in [3.05, 3.63) is 70.3 Å². The molecule has 0 bridgehead atoms. The number of rotatable bonds is 4. The Labute approximate surface area is 125 Å². The topological polar surface area (TPSA) is 0 Å². The fourth-order valence-electron chi connectivity index (χ4n) is 2.46. The predicted molar refractivity (Wildman–Crippen MR) is 87.1 cm³/mol. The largest absolute Gasteiger partial charge is 0.0786 e. The number of hydrogen-bond acceptors (Lipinski definition) is 0. The first-order valence-corrected chi connectivity index (χ1v) is 7.90. The lowest BCUT2D eigenvalue weighted by atomic mass is 9.93. The van der Waals surface area contributed by atoms with Crippen LogP contribution in [0.1, 0.15) is 46.5 Å². The molecule has 0 saturated carbocycles. The van der Waals surface area contributed by atoms with Crippen LogP contribution in [-0.2, 0) is 12.8 Å². The van der Waals surface area contributed by atoms with Crippen molar-refractivity contribution >= 4 is 15.9 Å². The van der Waals surface area contributed by atoms with Crippen LogP contribution in [0.5, 0.6) is 0 Å². The van der Waals surface area contributed by atoms with Gasteiger partial charge < -0.3 is 0 Å². The van der Waals surface area contributed by atoms with Crippen LogP contribution in [0.15, 0.2) is 42.5 Å². The lowest BCUT2D eigenvalue weighted by Crippen LogP contribution is -2.01. The standard InChI is InChI=1S/C18H21Br/c1-4-14-10-11-15(5-2)17(12-14)18(19)16-9-7-6-8-13(16)3/h6-12,18H,4-5H2,1-3H3. The zero-order valence-electron chi connectivity index (χ0n) is 11.9. The molecule has 100 valence electrons. The molecular weight excluding hydrogens is 296 g/mol. The Kier molecular flexibility index (Phi) is 4.81. The maximum atomic E-state index is 3.90. The van der Waals surface area contributed by atoms with Crippen LogP contribution in [0.2, 0.25) is 0 Å². The predicted octanol–water partition coefficient (Wildman–Crippen LogP) is 5.60. The van der Waals surface area contributed by atoms with Crippen molar-refractivity contribution < 1.29 is 0 Å². The molecule has 19 heavy (non-hydrogen) atoms. The van der Waals surface area contributed by atoms with E-state index in [-0.39, 0.29) is 4.83 Å². The molecule has 1 unspecified atom stereocenters. The first-order valence-electron chi connectivity index (χ1n) is 6.98. The highest BCUT2D eigenvalue weighted by Gasteiger charge is 2.15. The average molecular weight is 317 g/mol. The fourth-order valence-corrected chi connectivity index (χ4v) is 3.40. The summed E-state index contributed by atoms with van der Waals surface area (Å²) in [5.41, 5.74) is 6.96. The molecule has 0 N–H and O–H groups in total. The van der Waals surface area contributed by atoms with Crippen molar-refractivity contribution in [1.82, 2.24) is 0 Å². The minimum atomic E-state index is 0.287. The van der Waals surface area contributed by atoms with E-state index in [0.29, 0.717) is 0 Å². The Morgan fingerprint density at radius 2 is 1.68 bits per heavy atom. The molecule has 1 heteroatoms. The minimum Gasteiger partial charge on any atom is -0.0786 e. The van der Waals surface area contributed by atoms with E-state index in [1.807, 2.05) is 0 Å². The second-order valence-electron chi connectivity index (χ2n) is 4.96. The molecule has 0 fully saturated rings. The molecule has 2 rings (SSSR count). The number of aryl methyl sites for hydroxylation is 3. The van der Waals surface area contributed by atoms with Gasteiger partial charge in [0.25, 0.3) is 0 Å². The van der Waals surface area contributed by atoms with Gasteiger partial charge in [-0.05, 0) is 47.6 Å². The molecule has 0 radical (unpaired) electrons. The van der Waals surface area contributed by atoms with Gasteiger partial charge in [-0.1, -0.05) is 72.2 Å². The molecule has 0 aliphatic rings. The summed E-state index contributed by atoms with van der Waals surface area (Å²) in [7, 11) is 0. The summed E-state index contributed by atoms with van der Waals surface area (Å²) >= 11 is 3.90. The van der Waals surface area contributed by atoms with Crippen LogP contribution in [0.4, 0.5) is 0 Å². The maximum Gasteiger partial charge on any atom is 0.0649 e. The SMILES string of the molecule is CCc1ccc(CC)c(C(Br)c2ccccc2C)c1. The van der Waals surface area contributed by atoms with Crippen LogP contribution in [0.25, 0.3) is 0 Å². The van der Waals surface area contributed by atoms with Crippen LogP contribution in [0.3, 0.4) is 0 Å². The van der Waals surface area contributed by atoms with E-state index < -0.39 is 0 Å². The fraction of sp³-hybridized carbons (Fsp3) is 0.333. The molecule has 0 spiro atoms. The minimum absolute atomic E-state index is 0.287. The summed E-state index contributed by atoms with van der Waals surface area (Å²) in [4.78, 5) is 0.287. The number of halogens is 1. The molecule has 0 heterocycles. The molecule has 2 aromatic rings. The van der Waals surface area contributed by atoms with Gasteiger partial charge in [-0.15, -0.1) is 0 Å². The lowest BCUT2D eigenvalue weighted by Gasteiger charge is -2.18. The highest BCUT2D eigenvalue weighted by Crippen LogP contribution is 2.35. The molecule has 0 aliphatic carbocycles. The normalized spacial score (nSPS) is 12.4. The summed E-state index contributed by atoms with van der Waals surface area (Å²) in [5.74, 6) is 0. The Balaban J connectivity index is 2.48. The average Bonchev–Trinajstić information content (AvgIpc) is 2.46. The maximum absolute atomic E-state index is 3.90. The monoisotopic (exact) mass is 316 g/mol. The van der Waals surface area contributed by atoms with Crippen molar-refractivity contribution in [2.24, 2.45) is 0 Å². The molecule has 0 aromatic heterocycles. The zero-order valence-corrected chi connectivity index (χ0v) is 13.5. The van der Waals surface area contributed by atoms with Crippen LogP contribution in [0, 0.1) is 6.92 Å². The quantitative estimate of drug-likeness (QED) is 0.644. The highest BCUT2D eigenvalue weighted by atomic mass is 79.9. The Hall–Kier alpha value is -1.08. The van der Waals surface area contributed by atoms with Crippen LogP contribution >= 0.6 is 15.9 Å². The molecule has 0 aliphatic heterocycles. The van der Waals surface area contributed by atoms with Crippen LogP contribution in [-0.4, -0.2) is 0 Å². The van der Waals surface area contributed by atoms with Gasteiger partial charge in [0.15, 0.2) is 0 Å². The number of alkyl halides is 1. The Morgan fingerprint density at radius 3 is 2.32 bits per heavy atom. The second-order valence-corrected chi connectivity index (χ2v) is 5.88. The summed E-state index contributed by atoms with van der Waals surface area (Å²) in [6.07, 6.45) is 2.16. The molecule has 0 saturated heterocycles. The van der Waals surface area contributed by atoms with Gasteiger partial charge in [0, 0.05) is 0 Å². The van der Waals surface area contributed by atoms with Crippen molar-refractivity contribution in [2.75, 3.05) is 0 Å².